The minimum atomic E-state index is -0.451. The van der Waals surface area contributed by atoms with Gasteiger partial charge in [-0.3, -0.25) is 19.9 Å². The summed E-state index contributed by atoms with van der Waals surface area (Å²) in [5, 5.41) is 11.7. The fourth-order valence-corrected chi connectivity index (χ4v) is 5.61. The minimum Gasteiger partial charge on any atom is -0.375 e. The number of carbonyl (C=O) groups excluding carboxylic acids is 1. The van der Waals surface area contributed by atoms with Gasteiger partial charge < -0.3 is 14.4 Å². The van der Waals surface area contributed by atoms with Crippen LogP contribution in [0.4, 0.5) is 11.4 Å². The predicted molar refractivity (Wildman–Crippen MR) is 138 cm³/mol. The first-order chi connectivity index (χ1) is 17.4. The van der Waals surface area contributed by atoms with Crippen LogP contribution in [0.2, 0.25) is 5.02 Å². The number of carbonyl (C=O) groups is 1. The summed E-state index contributed by atoms with van der Waals surface area (Å²) in [4.78, 5) is 31.3. The van der Waals surface area contributed by atoms with E-state index in [2.05, 4.69) is 0 Å². The van der Waals surface area contributed by atoms with Gasteiger partial charge in [0.05, 0.1) is 28.9 Å². The summed E-state index contributed by atoms with van der Waals surface area (Å²) in [6.45, 7) is 3.73. The molecule has 2 heterocycles. The Morgan fingerprint density at radius 1 is 1.11 bits per heavy atom. The van der Waals surface area contributed by atoms with Gasteiger partial charge in [0.25, 0.3) is 11.6 Å². The highest BCUT2D eigenvalue weighted by molar-refractivity contribution is 6.31. The van der Waals surface area contributed by atoms with Crippen molar-refractivity contribution in [1.29, 1.82) is 0 Å². The number of non-ortho nitro benzene ring substituents is 1. The Hall–Kier alpha value is -2.81. The summed E-state index contributed by atoms with van der Waals surface area (Å²) >= 11 is 6.41. The molecule has 3 atom stereocenters. The van der Waals surface area contributed by atoms with Crippen LogP contribution in [0.15, 0.2) is 41.4 Å². The molecule has 1 amide bonds. The third-order valence-electron chi connectivity index (χ3n) is 7.25. The number of hydrogen-bond acceptors (Lipinski definition) is 6. The zero-order valence-electron chi connectivity index (χ0n) is 20.3. The lowest BCUT2D eigenvalue weighted by molar-refractivity contribution is -0.384. The molecule has 3 aliphatic rings. The van der Waals surface area contributed by atoms with Crippen molar-refractivity contribution in [2.24, 2.45) is 4.99 Å². The lowest BCUT2D eigenvalue weighted by Gasteiger charge is -2.33. The Bertz CT molecular complexity index is 1200. The number of halogens is 1. The molecule has 2 aromatic carbocycles. The van der Waals surface area contributed by atoms with Gasteiger partial charge in [-0.25, -0.2) is 0 Å². The van der Waals surface area contributed by atoms with Gasteiger partial charge in [-0.05, 0) is 75.3 Å². The Morgan fingerprint density at radius 2 is 1.92 bits per heavy atom. The van der Waals surface area contributed by atoms with E-state index in [0.29, 0.717) is 22.7 Å². The SMILES string of the molecule is Cc1cc([N+](=O)[O-])ccc1C(=O)N1CCCC(=NC2CCC3OCCCOC3C2)c2cc(Cl)ccc21. The molecule has 1 aliphatic carbocycles. The van der Waals surface area contributed by atoms with E-state index in [1.54, 1.807) is 24.0 Å². The lowest BCUT2D eigenvalue weighted by atomic mass is 9.90. The average Bonchev–Trinajstić information content (AvgIpc) is 3.20. The molecular weight excluding hydrogens is 482 g/mol. The van der Waals surface area contributed by atoms with E-state index >= 15 is 0 Å². The summed E-state index contributed by atoms with van der Waals surface area (Å²) < 4.78 is 12.0. The third kappa shape index (κ3) is 5.16. The van der Waals surface area contributed by atoms with Crippen molar-refractivity contribution in [1.82, 2.24) is 0 Å². The normalized spacial score (nSPS) is 25.4. The summed E-state index contributed by atoms with van der Waals surface area (Å²) in [7, 11) is 0. The van der Waals surface area contributed by atoms with E-state index in [0.717, 1.165) is 68.7 Å². The molecule has 0 aromatic heterocycles. The maximum atomic E-state index is 13.6. The fourth-order valence-electron chi connectivity index (χ4n) is 5.44. The monoisotopic (exact) mass is 511 g/mol. The van der Waals surface area contributed by atoms with Crippen LogP contribution in [0.25, 0.3) is 0 Å². The smallest absolute Gasteiger partial charge is 0.269 e. The molecule has 0 N–H and O–H groups in total. The van der Waals surface area contributed by atoms with Crippen molar-refractivity contribution in [2.45, 2.75) is 63.7 Å². The fraction of sp³-hybridized carbons (Fsp3) is 0.481. The molecule has 1 saturated heterocycles. The first-order valence-corrected chi connectivity index (χ1v) is 12.9. The summed E-state index contributed by atoms with van der Waals surface area (Å²) in [5.41, 5.74) is 3.59. The van der Waals surface area contributed by atoms with Gasteiger partial charge in [0.2, 0.25) is 0 Å². The van der Waals surface area contributed by atoms with Gasteiger partial charge in [0.15, 0.2) is 0 Å². The molecule has 3 unspecified atom stereocenters. The number of anilines is 1. The number of amides is 1. The molecule has 36 heavy (non-hydrogen) atoms. The standard InChI is InChI=1S/C27H30ClN3O5/c1-17-14-20(31(33)34)7-8-21(17)27(32)30-11-2-4-23(22-15-18(28)5-9-24(22)30)29-19-6-10-25-26(16-19)36-13-3-12-35-25/h5,7-9,14-15,19,25-26H,2-4,6,10-13,16H2,1H3. The van der Waals surface area contributed by atoms with E-state index < -0.39 is 4.92 Å². The Kier molecular flexibility index (Phi) is 7.37. The molecule has 190 valence electrons. The van der Waals surface area contributed by atoms with Crippen LogP contribution in [0.1, 0.15) is 60.0 Å². The largest absolute Gasteiger partial charge is 0.375 e. The predicted octanol–water partition coefficient (Wildman–Crippen LogP) is 5.51. The zero-order valence-corrected chi connectivity index (χ0v) is 21.1. The summed E-state index contributed by atoms with van der Waals surface area (Å²) in [5.74, 6) is -0.184. The van der Waals surface area contributed by atoms with Crippen molar-refractivity contribution in [3.05, 3.63) is 68.2 Å². The number of nitro groups is 1. The van der Waals surface area contributed by atoms with E-state index in [4.69, 9.17) is 26.1 Å². The molecule has 0 spiro atoms. The van der Waals surface area contributed by atoms with E-state index in [1.165, 1.54) is 12.1 Å². The second-order valence-corrected chi connectivity index (χ2v) is 10.1. The first kappa shape index (κ1) is 24.9. The number of aryl methyl sites for hydroxylation is 1. The van der Waals surface area contributed by atoms with Crippen molar-refractivity contribution in [2.75, 3.05) is 24.7 Å². The van der Waals surface area contributed by atoms with Crippen LogP contribution in [0.3, 0.4) is 0 Å². The molecule has 0 bridgehead atoms. The molecule has 2 aromatic rings. The summed E-state index contributed by atoms with van der Waals surface area (Å²) in [6.07, 6.45) is 5.33. The number of nitro benzene ring substituents is 1. The molecule has 9 heteroatoms. The molecule has 1 saturated carbocycles. The van der Waals surface area contributed by atoms with Gasteiger partial charge in [-0.2, -0.15) is 0 Å². The number of ether oxygens (including phenoxy) is 2. The molecular formula is C27H30ClN3O5. The van der Waals surface area contributed by atoms with E-state index in [9.17, 15) is 14.9 Å². The van der Waals surface area contributed by atoms with Crippen LogP contribution in [0.5, 0.6) is 0 Å². The molecule has 2 aliphatic heterocycles. The van der Waals surface area contributed by atoms with Crippen LogP contribution >= 0.6 is 11.6 Å². The molecule has 5 rings (SSSR count). The number of hydrogen-bond donors (Lipinski definition) is 0. The minimum absolute atomic E-state index is 0.0284. The van der Waals surface area contributed by atoms with Crippen LogP contribution < -0.4 is 4.90 Å². The lowest BCUT2D eigenvalue weighted by Crippen LogP contribution is -2.38. The Labute approximate surface area is 215 Å². The van der Waals surface area contributed by atoms with Gasteiger partial charge in [-0.1, -0.05) is 11.6 Å². The number of benzene rings is 2. The number of aliphatic imine (C=N–C) groups is 1. The number of fused-ring (bicyclic) bond motifs is 2. The highest BCUT2D eigenvalue weighted by atomic mass is 35.5. The maximum Gasteiger partial charge on any atom is 0.269 e. The van der Waals surface area contributed by atoms with Crippen LogP contribution in [0, 0.1) is 17.0 Å². The summed E-state index contributed by atoms with van der Waals surface area (Å²) in [6, 6.07) is 10.0. The second-order valence-electron chi connectivity index (χ2n) is 9.69. The molecule has 8 nitrogen and oxygen atoms in total. The van der Waals surface area contributed by atoms with Crippen molar-refractivity contribution < 1.29 is 19.2 Å². The number of nitrogens with zero attached hydrogens (tertiary/aromatic N) is 3. The van der Waals surface area contributed by atoms with E-state index in [1.807, 2.05) is 12.1 Å². The quantitative estimate of drug-likeness (QED) is 0.400. The average molecular weight is 512 g/mol. The van der Waals surface area contributed by atoms with Crippen LogP contribution in [-0.2, 0) is 9.47 Å². The van der Waals surface area contributed by atoms with Gasteiger partial charge >= 0.3 is 0 Å². The van der Waals surface area contributed by atoms with Gasteiger partial charge in [0, 0.05) is 53.8 Å². The van der Waals surface area contributed by atoms with Gasteiger partial charge in [0.1, 0.15) is 0 Å². The zero-order chi connectivity index (χ0) is 25.2. The van der Waals surface area contributed by atoms with Crippen molar-refractivity contribution in [3.8, 4) is 0 Å². The van der Waals surface area contributed by atoms with Gasteiger partial charge in [-0.15, -0.1) is 0 Å². The molecule has 0 radical (unpaired) electrons. The second kappa shape index (κ2) is 10.7. The Balaban J connectivity index is 1.45. The maximum absolute atomic E-state index is 13.6. The number of rotatable bonds is 3. The van der Waals surface area contributed by atoms with Crippen molar-refractivity contribution in [3.63, 3.8) is 0 Å². The Morgan fingerprint density at radius 3 is 2.69 bits per heavy atom. The first-order valence-electron chi connectivity index (χ1n) is 12.6. The third-order valence-corrected chi connectivity index (χ3v) is 7.48. The van der Waals surface area contributed by atoms with Crippen molar-refractivity contribution >= 4 is 34.6 Å². The molecule has 2 fully saturated rings. The topological polar surface area (TPSA) is 94.3 Å². The van der Waals surface area contributed by atoms with E-state index in [-0.39, 0.29) is 29.8 Å². The van der Waals surface area contributed by atoms with Crippen LogP contribution in [-0.4, -0.2) is 54.6 Å². The highest BCUT2D eigenvalue weighted by Gasteiger charge is 2.34. The highest BCUT2D eigenvalue weighted by Crippen LogP contribution is 2.34.